The summed E-state index contributed by atoms with van der Waals surface area (Å²) in [6.45, 7) is 1.15. The summed E-state index contributed by atoms with van der Waals surface area (Å²) in [6, 6.07) is 13.6. The van der Waals surface area contributed by atoms with E-state index in [0.717, 1.165) is 31.2 Å². The molecule has 1 aliphatic heterocycles. The lowest BCUT2D eigenvalue weighted by Gasteiger charge is -2.19. The molecule has 1 heterocycles. The second-order valence-corrected chi connectivity index (χ2v) is 9.03. The predicted molar refractivity (Wildman–Crippen MR) is 113 cm³/mol. The summed E-state index contributed by atoms with van der Waals surface area (Å²) in [5.41, 5.74) is 1.28. The van der Waals surface area contributed by atoms with Crippen LogP contribution in [0.5, 0.6) is 0 Å². The number of nitrogens with one attached hydrogen (secondary N) is 1. The van der Waals surface area contributed by atoms with Gasteiger partial charge >= 0.3 is 0 Å². The van der Waals surface area contributed by atoms with E-state index in [1.54, 1.807) is 58.9 Å². The van der Waals surface area contributed by atoms with Crippen LogP contribution in [0.1, 0.15) is 31.2 Å². The van der Waals surface area contributed by atoms with E-state index < -0.39 is 10.0 Å². The van der Waals surface area contributed by atoms with Crippen molar-refractivity contribution in [1.82, 2.24) is 4.31 Å². The van der Waals surface area contributed by atoms with Crippen molar-refractivity contribution in [2.24, 2.45) is 0 Å². The van der Waals surface area contributed by atoms with Crippen molar-refractivity contribution in [2.45, 2.75) is 30.6 Å². The molecule has 1 amide bonds. The standard InChI is InChI=1S/C21H23ClN2O3S/c22-19-7-3-4-8-20(19)23-21(25)14-11-17-9-12-18(13-10-17)28(26,27)24-15-5-1-2-6-16-24/h3-4,7-14H,1-2,5-6,15-16H2,(H,23,25)/b14-11+. The summed E-state index contributed by atoms with van der Waals surface area (Å²) in [4.78, 5) is 12.3. The summed E-state index contributed by atoms with van der Waals surface area (Å²) in [7, 11) is -3.46. The second kappa shape index (κ2) is 9.37. The van der Waals surface area contributed by atoms with Gasteiger partial charge in [-0.3, -0.25) is 4.79 Å². The Kier molecular flexibility index (Phi) is 6.88. The molecule has 0 radical (unpaired) electrons. The fourth-order valence-electron chi connectivity index (χ4n) is 3.09. The topological polar surface area (TPSA) is 66.5 Å². The van der Waals surface area contributed by atoms with Crippen LogP contribution in [0, 0.1) is 0 Å². The molecule has 1 N–H and O–H groups in total. The Morgan fingerprint density at radius 3 is 2.25 bits per heavy atom. The van der Waals surface area contributed by atoms with E-state index >= 15 is 0 Å². The zero-order valence-electron chi connectivity index (χ0n) is 15.5. The van der Waals surface area contributed by atoms with Crippen molar-refractivity contribution in [3.8, 4) is 0 Å². The van der Waals surface area contributed by atoms with Gasteiger partial charge in [-0.1, -0.05) is 48.7 Å². The number of halogens is 1. The molecule has 0 atom stereocenters. The van der Waals surface area contributed by atoms with Gasteiger partial charge < -0.3 is 5.32 Å². The highest BCUT2D eigenvalue weighted by Gasteiger charge is 2.24. The Morgan fingerprint density at radius 2 is 1.61 bits per heavy atom. The van der Waals surface area contributed by atoms with Crippen LogP contribution in [0.15, 0.2) is 59.5 Å². The molecule has 0 aromatic heterocycles. The summed E-state index contributed by atoms with van der Waals surface area (Å²) < 4.78 is 27.1. The molecular weight excluding hydrogens is 396 g/mol. The molecule has 2 aromatic carbocycles. The molecular formula is C21H23ClN2O3S. The smallest absolute Gasteiger partial charge is 0.248 e. The fraction of sp³-hybridized carbons (Fsp3) is 0.286. The van der Waals surface area contributed by atoms with Crippen LogP contribution in [0.4, 0.5) is 5.69 Å². The monoisotopic (exact) mass is 418 g/mol. The van der Waals surface area contributed by atoms with E-state index in [0.29, 0.717) is 23.8 Å². The molecule has 5 nitrogen and oxygen atoms in total. The van der Waals surface area contributed by atoms with Crippen molar-refractivity contribution < 1.29 is 13.2 Å². The summed E-state index contributed by atoms with van der Waals surface area (Å²) in [5.74, 6) is -0.311. The first-order chi connectivity index (χ1) is 13.5. The van der Waals surface area contributed by atoms with Gasteiger partial charge in [-0.2, -0.15) is 4.31 Å². The number of benzene rings is 2. The van der Waals surface area contributed by atoms with Gasteiger partial charge in [-0.15, -0.1) is 0 Å². The minimum Gasteiger partial charge on any atom is -0.321 e. The number of rotatable bonds is 5. The zero-order chi connectivity index (χ0) is 20.0. The molecule has 1 fully saturated rings. The van der Waals surface area contributed by atoms with E-state index in [4.69, 9.17) is 11.6 Å². The van der Waals surface area contributed by atoms with Gasteiger partial charge in [0.15, 0.2) is 0 Å². The lowest BCUT2D eigenvalue weighted by Crippen LogP contribution is -2.31. The number of hydrogen-bond acceptors (Lipinski definition) is 3. The zero-order valence-corrected chi connectivity index (χ0v) is 17.0. The molecule has 0 unspecified atom stereocenters. The third-order valence-electron chi connectivity index (χ3n) is 4.64. The van der Waals surface area contributed by atoms with Crippen molar-refractivity contribution in [3.63, 3.8) is 0 Å². The first-order valence-corrected chi connectivity index (χ1v) is 11.1. The quantitative estimate of drug-likeness (QED) is 0.724. The second-order valence-electron chi connectivity index (χ2n) is 6.69. The summed E-state index contributed by atoms with van der Waals surface area (Å²) in [6.07, 6.45) is 6.98. The number of hydrogen-bond donors (Lipinski definition) is 1. The lowest BCUT2D eigenvalue weighted by atomic mass is 10.2. The summed E-state index contributed by atoms with van der Waals surface area (Å²) in [5, 5.41) is 3.17. The van der Waals surface area contributed by atoms with Crippen molar-refractivity contribution in [3.05, 3.63) is 65.2 Å². The highest BCUT2D eigenvalue weighted by atomic mass is 35.5. The number of anilines is 1. The van der Waals surface area contributed by atoms with Crippen molar-refractivity contribution in [2.75, 3.05) is 18.4 Å². The van der Waals surface area contributed by atoms with Gasteiger partial charge in [0.05, 0.1) is 15.6 Å². The molecule has 28 heavy (non-hydrogen) atoms. The molecule has 0 saturated carbocycles. The third kappa shape index (κ3) is 5.22. The number of carbonyl (C=O) groups excluding carboxylic acids is 1. The van der Waals surface area contributed by atoms with Crippen LogP contribution >= 0.6 is 11.6 Å². The van der Waals surface area contributed by atoms with Crippen LogP contribution in [-0.2, 0) is 14.8 Å². The maximum atomic E-state index is 12.8. The van der Waals surface area contributed by atoms with E-state index in [1.165, 1.54) is 6.08 Å². The van der Waals surface area contributed by atoms with Crippen molar-refractivity contribution in [1.29, 1.82) is 0 Å². The Bertz CT molecular complexity index is 948. The number of carbonyl (C=O) groups is 1. The van der Waals surface area contributed by atoms with Gasteiger partial charge in [-0.25, -0.2) is 8.42 Å². The first-order valence-electron chi connectivity index (χ1n) is 9.30. The van der Waals surface area contributed by atoms with E-state index in [-0.39, 0.29) is 10.8 Å². The Labute approximate surface area is 171 Å². The Morgan fingerprint density at radius 1 is 0.964 bits per heavy atom. The SMILES string of the molecule is O=C(/C=C/c1ccc(S(=O)(=O)N2CCCCCC2)cc1)Nc1ccccc1Cl. The largest absolute Gasteiger partial charge is 0.321 e. The van der Waals surface area contributed by atoms with Gasteiger partial charge in [0.25, 0.3) is 0 Å². The molecule has 0 aliphatic carbocycles. The number of sulfonamides is 1. The molecule has 0 bridgehead atoms. The Hall–Kier alpha value is -2.15. The van der Waals surface area contributed by atoms with Crippen LogP contribution in [0.3, 0.4) is 0 Å². The highest BCUT2D eigenvalue weighted by molar-refractivity contribution is 7.89. The third-order valence-corrected chi connectivity index (χ3v) is 6.88. The average molecular weight is 419 g/mol. The number of para-hydroxylation sites is 1. The van der Waals surface area contributed by atoms with E-state index in [2.05, 4.69) is 5.32 Å². The molecule has 148 valence electrons. The summed E-state index contributed by atoms with van der Waals surface area (Å²) >= 11 is 6.02. The van der Waals surface area contributed by atoms with Crippen LogP contribution in [0.25, 0.3) is 6.08 Å². The normalized spacial score (nSPS) is 16.0. The highest BCUT2D eigenvalue weighted by Crippen LogP contribution is 2.22. The minimum atomic E-state index is -3.46. The van der Waals surface area contributed by atoms with Gasteiger partial charge in [0.2, 0.25) is 15.9 Å². The van der Waals surface area contributed by atoms with Gasteiger partial charge in [0, 0.05) is 19.2 Å². The lowest BCUT2D eigenvalue weighted by molar-refractivity contribution is -0.111. The maximum Gasteiger partial charge on any atom is 0.248 e. The molecule has 1 aliphatic rings. The minimum absolute atomic E-state index is 0.284. The molecule has 3 rings (SSSR count). The van der Waals surface area contributed by atoms with E-state index in [9.17, 15) is 13.2 Å². The van der Waals surface area contributed by atoms with Crippen LogP contribution in [-0.4, -0.2) is 31.7 Å². The predicted octanol–water partition coefficient (Wildman–Crippen LogP) is 4.56. The molecule has 1 saturated heterocycles. The maximum absolute atomic E-state index is 12.8. The Balaban J connectivity index is 1.66. The number of nitrogens with zero attached hydrogens (tertiary/aromatic N) is 1. The molecule has 0 spiro atoms. The van der Waals surface area contributed by atoms with Crippen LogP contribution < -0.4 is 5.32 Å². The number of amides is 1. The first kappa shape index (κ1) is 20.6. The molecule has 2 aromatic rings. The van der Waals surface area contributed by atoms with Crippen LogP contribution in [0.2, 0.25) is 5.02 Å². The van der Waals surface area contributed by atoms with Gasteiger partial charge in [0.1, 0.15) is 0 Å². The molecule has 7 heteroatoms. The van der Waals surface area contributed by atoms with Crippen molar-refractivity contribution >= 4 is 39.3 Å². The van der Waals surface area contributed by atoms with E-state index in [1.807, 2.05) is 0 Å². The fourth-order valence-corrected chi connectivity index (χ4v) is 4.79. The average Bonchev–Trinajstić information content (AvgIpc) is 2.99. The van der Waals surface area contributed by atoms with Gasteiger partial charge in [-0.05, 0) is 48.7 Å².